The molecule has 2 aliphatic heterocycles. The molecule has 0 saturated carbocycles. The number of nitrogens with one attached hydrogen (secondary N) is 1. The molecule has 2 heterocycles. The molecular weight excluding hydrogens is 380 g/mol. The number of fused-ring (bicyclic) bond motifs is 2. The van der Waals surface area contributed by atoms with E-state index in [9.17, 15) is 19.0 Å². The lowest BCUT2D eigenvalue weighted by Crippen LogP contribution is -2.46. The van der Waals surface area contributed by atoms with Crippen LogP contribution in [-0.4, -0.2) is 47.6 Å². The van der Waals surface area contributed by atoms with Crippen molar-refractivity contribution in [3.8, 4) is 11.5 Å². The van der Waals surface area contributed by atoms with E-state index in [1.54, 1.807) is 0 Å². The molecule has 0 amide bonds. The van der Waals surface area contributed by atoms with E-state index < -0.39 is 49.0 Å². The van der Waals surface area contributed by atoms with Crippen LogP contribution in [0.2, 0.25) is 0 Å². The summed E-state index contributed by atoms with van der Waals surface area (Å²) in [7, 11) is 0. The molecule has 0 saturated heterocycles. The van der Waals surface area contributed by atoms with Crippen LogP contribution in [0.15, 0.2) is 36.4 Å². The maximum Gasteiger partial charge on any atom is 0.126 e. The van der Waals surface area contributed by atoms with Crippen molar-refractivity contribution in [1.29, 1.82) is 0 Å². The molecule has 7 heteroatoms. The van der Waals surface area contributed by atoms with E-state index in [-0.39, 0.29) is 12.8 Å². The predicted molar refractivity (Wildman–Crippen MR) is 103 cm³/mol. The largest absolute Gasteiger partial charge is 0.487 e. The van der Waals surface area contributed by atoms with E-state index in [1.807, 2.05) is 0 Å². The summed E-state index contributed by atoms with van der Waals surface area (Å²) in [5.74, 6) is -0.186. The number of rotatable bonds is 6. The lowest BCUT2D eigenvalue weighted by molar-refractivity contribution is 0.00892. The van der Waals surface area contributed by atoms with Crippen LogP contribution in [0.5, 0.6) is 11.5 Å². The van der Waals surface area contributed by atoms with Gasteiger partial charge in [0.15, 0.2) is 0 Å². The van der Waals surface area contributed by atoms with Gasteiger partial charge < -0.3 is 25.0 Å². The number of aliphatic hydroxyl groups excluding tert-OH is 2. The summed E-state index contributed by atoms with van der Waals surface area (Å²) < 4.78 is 70.9. The first kappa shape index (κ1) is 15.6. The molecule has 5 nitrogen and oxygen atoms in total. The second kappa shape index (κ2) is 8.65. The third kappa shape index (κ3) is 4.69. The molecule has 2 aliphatic rings. The summed E-state index contributed by atoms with van der Waals surface area (Å²) in [6, 6.07) is 7.84. The van der Waals surface area contributed by atoms with Crippen LogP contribution >= 0.6 is 0 Å². The Bertz CT molecular complexity index is 946. The zero-order valence-corrected chi connectivity index (χ0v) is 15.6. The first-order valence-corrected chi connectivity index (χ1v) is 9.52. The zero-order chi connectivity index (χ0) is 24.0. The van der Waals surface area contributed by atoms with Crippen LogP contribution in [0.3, 0.4) is 0 Å². The van der Waals surface area contributed by atoms with Gasteiger partial charge >= 0.3 is 0 Å². The van der Waals surface area contributed by atoms with Crippen LogP contribution in [-0.2, 0) is 12.8 Å². The standard InChI is InChI=1S/C22H25F2NO4/c23-15-3-7-19-13(9-15)1-5-21(28-19)17(26)11-25-12-18(27)22-6-2-14-10-16(24)4-8-20(14)29-22/h3-4,7-10,17-18,21-22,25-27H,1-2,5-6,11-12H2/t17-,18?,21?,22?/m1/s1/i11D2,12D2. The zero-order valence-electron chi connectivity index (χ0n) is 19.6. The van der Waals surface area contributed by atoms with E-state index in [4.69, 9.17) is 15.0 Å². The van der Waals surface area contributed by atoms with Gasteiger partial charge in [-0.25, -0.2) is 8.78 Å². The highest BCUT2D eigenvalue weighted by atomic mass is 19.1. The number of benzene rings is 2. The van der Waals surface area contributed by atoms with Gasteiger partial charge in [0, 0.05) is 18.5 Å². The summed E-state index contributed by atoms with van der Waals surface area (Å²) in [6.07, 6.45) is -4.47. The summed E-state index contributed by atoms with van der Waals surface area (Å²) in [5.41, 5.74) is 1.21. The Morgan fingerprint density at radius 1 is 0.897 bits per heavy atom. The molecule has 2 aromatic carbocycles. The highest BCUT2D eigenvalue weighted by molar-refractivity contribution is 5.36. The molecule has 156 valence electrons. The first-order valence-electron chi connectivity index (χ1n) is 11.5. The molecule has 0 fully saturated rings. The van der Waals surface area contributed by atoms with E-state index in [0.29, 0.717) is 35.5 Å². The third-order valence-electron chi connectivity index (χ3n) is 5.14. The second-order valence-electron chi connectivity index (χ2n) is 7.20. The lowest BCUT2D eigenvalue weighted by Gasteiger charge is -2.31. The molecule has 29 heavy (non-hydrogen) atoms. The predicted octanol–water partition coefficient (Wildman–Crippen LogP) is 2.36. The topological polar surface area (TPSA) is 71.0 Å². The van der Waals surface area contributed by atoms with Gasteiger partial charge in [-0.1, -0.05) is 0 Å². The van der Waals surface area contributed by atoms with E-state index in [2.05, 4.69) is 5.32 Å². The fourth-order valence-electron chi connectivity index (χ4n) is 3.58. The molecule has 0 bridgehead atoms. The molecular formula is C22H25F2NO4. The van der Waals surface area contributed by atoms with Gasteiger partial charge in [0.05, 0.1) is 0 Å². The number of ether oxygens (including phenoxy) is 2. The molecule has 3 unspecified atom stereocenters. The van der Waals surface area contributed by atoms with Crippen LogP contribution in [0, 0.1) is 11.6 Å². The van der Waals surface area contributed by atoms with Gasteiger partial charge in [-0.05, 0) is 73.2 Å². The van der Waals surface area contributed by atoms with Crippen molar-refractivity contribution in [2.24, 2.45) is 0 Å². The minimum Gasteiger partial charge on any atom is -0.487 e. The SMILES string of the molecule is [2H]C([2H])(NC([2H])([2H])[C@@H](O)C1CCc2cc(F)ccc2O1)C(O)C1CCc2cc(F)ccc2O1. The van der Waals surface area contributed by atoms with E-state index >= 15 is 0 Å². The molecule has 4 rings (SSSR count). The Hall–Kier alpha value is -2.22. The van der Waals surface area contributed by atoms with Crippen molar-refractivity contribution in [3.63, 3.8) is 0 Å². The minimum absolute atomic E-state index is 0.198. The highest BCUT2D eigenvalue weighted by Crippen LogP contribution is 2.30. The summed E-state index contributed by atoms with van der Waals surface area (Å²) in [6.45, 7) is -5.36. The van der Waals surface area contributed by atoms with E-state index in [1.165, 1.54) is 36.4 Å². The summed E-state index contributed by atoms with van der Waals surface area (Å²) in [5, 5.41) is 23.4. The van der Waals surface area contributed by atoms with Crippen molar-refractivity contribution in [3.05, 3.63) is 59.2 Å². The quantitative estimate of drug-likeness (QED) is 0.683. The van der Waals surface area contributed by atoms with Crippen molar-refractivity contribution >= 4 is 0 Å². The Balaban J connectivity index is 1.43. The molecule has 0 aliphatic carbocycles. The number of hydrogen-bond acceptors (Lipinski definition) is 5. The number of halogens is 2. The van der Waals surface area contributed by atoms with Crippen molar-refractivity contribution in [2.45, 2.75) is 50.1 Å². The van der Waals surface area contributed by atoms with E-state index in [0.717, 1.165) is 0 Å². The van der Waals surface area contributed by atoms with Gasteiger partial charge in [0.25, 0.3) is 0 Å². The van der Waals surface area contributed by atoms with Gasteiger partial charge in [0.1, 0.15) is 47.5 Å². The number of hydrogen-bond donors (Lipinski definition) is 3. The maximum absolute atomic E-state index is 13.4. The van der Waals surface area contributed by atoms with Crippen LogP contribution < -0.4 is 14.8 Å². The molecule has 3 N–H and O–H groups in total. The molecule has 0 radical (unpaired) electrons. The molecule has 0 spiro atoms. The summed E-state index contributed by atoms with van der Waals surface area (Å²) >= 11 is 0. The maximum atomic E-state index is 13.4. The third-order valence-corrected chi connectivity index (χ3v) is 5.14. The van der Waals surface area contributed by atoms with Crippen LogP contribution in [0.1, 0.15) is 29.5 Å². The van der Waals surface area contributed by atoms with Crippen molar-refractivity contribution < 1.29 is 34.0 Å². The Labute approximate surface area is 173 Å². The molecule has 4 atom stereocenters. The average molecular weight is 409 g/mol. The number of aryl methyl sites for hydroxylation is 2. The Kier molecular flexibility index (Phi) is 4.65. The minimum atomic E-state index is -2.68. The van der Waals surface area contributed by atoms with Gasteiger partial charge in [-0.15, -0.1) is 0 Å². The molecule has 2 aromatic rings. The molecule has 0 aromatic heterocycles. The van der Waals surface area contributed by atoms with Crippen LogP contribution in [0.4, 0.5) is 8.78 Å². The van der Waals surface area contributed by atoms with Crippen LogP contribution in [0.25, 0.3) is 0 Å². The highest BCUT2D eigenvalue weighted by Gasteiger charge is 2.29. The van der Waals surface area contributed by atoms with Crippen molar-refractivity contribution in [1.82, 2.24) is 5.32 Å². The van der Waals surface area contributed by atoms with Gasteiger partial charge in [-0.3, -0.25) is 0 Å². The average Bonchev–Trinajstić information content (AvgIpc) is 2.76. The summed E-state index contributed by atoms with van der Waals surface area (Å²) in [4.78, 5) is 0. The normalized spacial score (nSPS) is 25.7. The van der Waals surface area contributed by atoms with Gasteiger partial charge in [-0.2, -0.15) is 0 Å². The fraction of sp³-hybridized carbons (Fsp3) is 0.455. The Morgan fingerprint density at radius 2 is 1.34 bits per heavy atom. The lowest BCUT2D eigenvalue weighted by atomic mass is 9.98. The Morgan fingerprint density at radius 3 is 1.79 bits per heavy atom. The monoisotopic (exact) mass is 409 g/mol. The fourth-order valence-corrected chi connectivity index (χ4v) is 3.58. The van der Waals surface area contributed by atoms with Gasteiger partial charge in [0.2, 0.25) is 0 Å². The first-order chi connectivity index (χ1) is 15.5. The smallest absolute Gasteiger partial charge is 0.126 e. The van der Waals surface area contributed by atoms with Crippen molar-refractivity contribution in [2.75, 3.05) is 13.0 Å². The number of aliphatic hydroxyl groups is 2. The second-order valence-corrected chi connectivity index (χ2v) is 7.20.